The molecular formula is C23H27NO4S. The second kappa shape index (κ2) is 9.74. The molecule has 2 aromatic carbocycles. The number of carboxylic acid groups (broad SMARTS) is 1. The standard InChI is InChI=1S/C23H27NO4S/c1-15-18(21(26)27)11-8-12-19(15)24-20(25)17(13-16-9-6-5-7-10-16)14-29-22(28)23(2,3)4/h5-12,17H,13-14H2,1-4H3,(H,24,25)(H,26,27). The number of carboxylic acids is 1. The number of anilines is 1. The van der Waals surface area contributed by atoms with E-state index in [1.165, 1.54) is 17.8 Å². The number of benzene rings is 2. The Morgan fingerprint density at radius 3 is 2.28 bits per heavy atom. The van der Waals surface area contributed by atoms with Crippen molar-refractivity contribution in [1.82, 2.24) is 0 Å². The molecule has 6 heteroatoms. The zero-order valence-electron chi connectivity index (χ0n) is 17.2. The highest BCUT2D eigenvalue weighted by Crippen LogP contribution is 2.27. The minimum atomic E-state index is -1.04. The smallest absolute Gasteiger partial charge is 0.336 e. The lowest BCUT2D eigenvalue weighted by atomic mass is 9.99. The van der Waals surface area contributed by atoms with Crippen LogP contribution in [0.5, 0.6) is 0 Å². The average Bonchev–Trinajstić information content (AvgIpc) is 2.66. The quantitative estimate of drug-likeness (QED) is 0.681. The van der Waals surface area contributed by atoms with E-state index >= 15 is 0 Å². The third-order valence-corrected chi connectivity index (χ3v) is 5.99. The van der Waals surface area contributed by atoms with Crippen LogP contribution >= 0.6 is 11.8 Å². The molecule has 0 fully saturated rings. The first-order valence-corrected chi connectivity index (χ1v) is 10.4. The number of hydrogen-bond acceptors (Lipinski definition) is 4. The Balaban J connectivity index is 2.21. The third kappa shape index (κ3) is 6.46. The van der Waals surface area contributed by atoms with Crippen LogP contribution in [0.3, 0.4) is 0 Å². The van der Waals surface area contributed by atoms with Crippen LogP contribution in [0.1, 0.15) is 42.3 Å². The molecule has 29 heavy (non-hydrogen) atoms. The molecule has 2 rings (SSSR count). The van der Waals surface area contributed by atoms with E-state index in [1.807, 2.05) is 51.1 Å². The first-order chi connectivity index (χ1) is 13.6. The summed E-state index contributed by atoms with van der Waals surface area (Å²) in [7, 11) is 0. The summed E-state index contributed by atoms with van der Waals surface area (Å²) in [6.07, 6.45) is 0.495. The van der Waals surface area contributed by atoms with Gasteiger partial charge in [-0.1, -0.05) is 68.9 Å². The van der Waals surface area contributed by atoms with E-state index in [2.05, 4.69) is 5.32 Å². The molecule has 2 N–H and O–H groups in total. The van der Waals surface area contributed by atoms with Crippen molar-refractivity contribution in [3.05, 3.63) is 65.2 Å². The Kier molecular flexibility index (Phi) is 7.62. The minimum absolute atomic E-state index is 0.0346. The molecule has 0 bridgehead atoms. The molecule has 0 saturated heterocycles. The predicted molar refractivity (Wildman–Crippen MR) is 117 cm³/mol. The Morgan fingerprint density at radius 2 is 1.69 bits per heavy atom. The lowest BCUT2D eigenvalue weighted by molar-refractivity contribution is -0.119. The number of hydrogen-bond donors (Lipinski definition) is 2. The summed E-state index contributed by atoms with van der Waals surface area (Å²) in [6, 6.07) is 14.4. The maximum Gasteiger partial charge on any atom is 0.336 e. The number of carbonyl (C=O) groups excluding carboxylic acids is 2. The summed E-state index contributed by atoms with van der Waals surface area (Å²) < 4.78 is 0. The Hall–Kier alpha value is -2.60. The van der Waals surface area contributed by atoms with Gasteiger partial charge in [0.25, 0.3) is 0 Å². The average molecular weight is 414 g/mol. The molecule has 0 aliphatic rings. The minimum Gasteiger partial charge on any atom is -0.478 e. The van der Waals surface area contributed by atoms with Gasteiger partial charge in [-0.25, -0.2) is 4.79 Å². The van der Waals surface area contributed by atoms with E-state index < -0.39 is 17.3 Å². The topological polar surface area (TPSA) is 83.5 Å². The van der Waals surface area contributed by atoms with Crippen molar-refractivity contribution < 1.29 is 19.5 Å². The summed E-state index contributed by atoms with van der Waals surface area (Å²) >= 11 is 1.17. The van der Waals surface area contributed by atoms with Gasteiger partial charge in [-0.3, -0.25) is 9.59 Å². The van der Waals surface area contributed by atoms with Crippen molar-refractivity contribution in [3.8, 4) is 0 Å². The molecular weight excluding hydrogens is 386 g/mol. The van der Waals surface area contributed by atoms with Gasteiger partial charge >= 0.3 is 5.97 Å². The van der Waals surface area contributed by atoms with Crippen LogP contribution in [0.25, 0.3) is 0 Å². The van der Waals surface area contributed by atoms with Gasteiger partial charge in [0.1, 0.15) is 0 Å². The summed E-state index contributed by atoms with van der Waals surface area (Å²) in [6.45, 7) is 7.24. The molecule has 5 nitrogen and oxygen atoms in total. The van der Waals surface area contributed by atoms with E-state index in [0.29, 0.717) is 23.4 Å². The molecule has 0 heterocycles. The zero-order valence-corrected chi connectivity index (χ0v) is 18.0. The first-order valence-electron chi connectivity index (χ1n) is 9.44. The lowest BCUT2D eigenvalue weighted by Crippen LogP contribution is -2.28. The fraction of sp³-hybridized carbons (Fsp3) is 0.348. The van der Waals surface area contributed by atoms with Crippen molar-refractivity contribution in [3.63, 3.8) is 0 Å². The molecule has 0 saturated carbocycles. The van der Waals surface area contributed by atoms with Gasteiger partial charge in [0, 0.05) is 16.9 Å². The van der Waals surface area contributed by atoms with Crippen LogP contribution in [0, 0.1) is 18.3 Å². The molecule has 1 amide bonds. The lowest BCUT2D eigenvalue weighted by Gasteiger charge is -2.20. The van der Waals surface area contributed by atoms with Crippen molar-refractivity contribution in [2.45, 2.75) is 34.1 Å². The van der Waals surface area contributed by atoms with Crippen molar-refractivity contribution in [2.75, 3.05) is 11.1 Å². The normalized spacial score (nSPS) is 12.3. The molecule has 0 aromatic heterocycles. The number of thioether (sulfide) groups is 1. The molecule has 1 atom stereocenters. The molecule has 0 spiro atoms. The van der Waals surface area contributed by atoms with Crippen LogP contribution in [0.2, 0.25) is 0 Å². The SMILES string of the molecule is Cc1c(NC(=O)C(CSC(=O)C(C)(C)C)Cc2ccccc2)cccc1C(=O)O. The van der Waals surface area contributed by atoms with E-state index in [4.69, 9.17) is 0 Å². The highest BCUT2D eigenvalue weighted by molar-refractivity contribution is 8.13. The number of rotatable bonds is 7. The highest BCUT2D eigenvalue weighted by Gasteiger charge is 2.26. The summed E-state index contributed by atoms with van der Waals surface area (Å²) in [5.74, 6) is -1.34. The monoisotopic (exact) mass is 413 g/mol. The fourth-order valence-electron chi connectivity index (χ4n) is 2.76. The number of aromatic carboxylic acids is 1. The third-order valence-electron chi connectivity index (χ3n) is 4.55. The van der Waals surface area contributed by atoms with Crippen molar-refractivity contribution in [1.29, 1.82) is 0 Å². The Labute approximate surface area is 175 Å². The number of amides is 1. The van der Waals surface area contributed by atoms with E-state index in [0.717, 1.165) is 5.56 Å². The van der Waals surface area contributed by atoms with Crippen molar-refractivity contribution in [2.24, 2.45) is 11.3 Å². The zero-order chi connectivity index (χ0) is 21.6. The van der Waals surface area contributed by atoms with Gasteiger partial charge in [-0.05, 0) is 36.6 Å². The van der Waals surface area contributed by atoms with Crippen LogP contribution in [0.15, 0.2) is 48.5 Å². The van der Waals surface area contributed by atoms with E-state index in [1.54, 1.807) is 19.1 Å². The molecule has 0 aliphatic heterocycles. The Morgan fingerprint density at radius 1 is 1.03 bits per heavy atom. The summed E-state index contributed by atoms with van der Waals surface area (Å²) in [5, 5.41) is 12.2. The molecule has 1 unspecified atom stereocenters. The molecule has 154 valence electrons. The first kappa shape index (κ1) is 22.7. The summed E-state index contributed by atoms with van der Waals surface area (Å²) in [5.41, 5.74) is 1.66. The number of carbonyl (C=O) groups is 3. The van der Waals surface area contributed by atoms with E-state index in [9.17, 15) is 19.5 Å². The van der Waals surface area contributed by atoms with Crippen LogP contribution in [0.4, 0.5) is 5.69 Å². The second-order valence-corrected chi connectivity index (χ2v) is 9.00. The van der Waals surface area contributed by atoms with Crippen molar-refractivity contribution >= 4 is 34.4 Å². The van der Waals surface area contributed by atoms with Crippen LogP contribution in [-0.4, -0.2) is 27.9 Å². The number of nitrogens with one attached hydrogen (secondary N) is 1. The maximum absolute atomic E-state index is 13.0. The molecule has 2 aromatic rings. The van der Waals surface area contributed by atoms with Gasteiger partial charge in [0.15, 0.2) is 5.12 Å². The second-order valence-electron chi connectivity index (χ2n) is 8.01. The maximum atomic E-state index is 13.0. The van der Waals surface area contributed by atoms with Crippen LogP contribution < -0.4 is 5.32 Å². The van der Waals surface area contributed by atoms with Gasteiger partial charge in [0.2, 0.25) is 5.91 Å². The molecule has 0 aliphatic carbocycles. The largest absolute Gasteiger partial charge is 0.478 e. The van der Waals surface area contributed by atoms with Gasteiger partial charge in [-0.2, -0.15) is 0 Å². The van der Waals surface area contributed by atoms with Crippen LogP contribution in [-0.2, 0) is 16.0 Å². The molecule has 0 radical (unpaired) electrons. The van der Waals surface area contributed by atoms with Gasteiger partial charge in [-0.15, -0.1) is 0 Å². The highest BCUT2D eigenvalue weighted by atomic mass is 32.2. The summed E-state index contributed by atoms with van der Waals surface area (Å²) in [4.78, 5) is 36.7. The van der Waals surface area contributed by atoms with E-state index in [-0.39, 0.29) is 16.6 Å². The van der Waals surface area contributed by atoms with Gasteiger partial charge in [0.05, 0.1) is 11.5 Å². The fourth-order valence-corrected chi connectivity index (χ4v) is 3.81. The Bertz CT molecular complexity index is 887. The predicted octanol–water partition coefficient (Wildman–Crippen LogP) is 4.80. The van der Waals surface area contributed by atoms with Gasteiger partial charge < -0.3 is 10.4 Å².